The molecule has 0 aliphatic carbocycles. The maximum Gasteiger partial charge on any atom is 0.349 e. The van der Waals surface area contributed by atoms with Crippen molar-refractivity contribution in [3.8, 4) is 0 Å². The molecule has 1 rings (SSSR count). The average molecular weight is 199 g/mol. The standard InChI is InChI=1S/C9H13NO2S/c1-9(2,3)8-10-5-6(13-8)7(11)12-4/h5H,1-4H3. The van der Waals surface area contributed by atoms with Gasteiger partial charge in [-0.1, -0.05) is 20.8 Å². The van der Waals surface area contributed by atoms with Crippen molar-refractivity contribution < 1.29 is 9.53 Å². The fourth-order valence-corrected chi connectivity index (χ4v) is 1.71. The molecule has 0 amide bonds. The van der Waals surface area contributed by atoms with E-state index in [2.05, 4.69) is 30.5 Å². The molecule has 1 heterocycles. The third-order valence-electron chi connectivity index (χ3n) is 1.53. The minimum absolute atomic E-state index is 0.00304. The molecule has 0 radical (unpaired) electrons. The van der Waals surface area contributed by atoms with Crippen LogP contribution in [0, 0.1) is 0 Å². The Morgan fingerprint density at radius 1 is 1.54 bits per heavy atom. The molecule has 3 nitrogen and oxygen atoms in total. The lowest BCUT2D eigenvalue weighted by Gasteiger charge is -2.13. The second kappa shape index (κ2) is 3.46. The Kier molecular flexibility index (Phi) is 2.71. The molecular formula is C9H13NO2S. The topological polar surface area (TPSA) is 39.2 Å². The summed E-state index contributed by atoms with van der Waals surface area (Å²) >= 11 is 1.39. The van der Waals surface area contributed by atoms with E-state index < -0.39 is 0 Å². The Morgan fingerprint density at radius 3 is 2.54 bits per heavy atom. The zero-order valence-corrected chi connectivity index (χ0v) is 9.07. The first-order chi connectivity index (χ1) is 5.95. The van der Waals surface area contributed by atoms with Crippen LogP contribution in [0.2, 0.25) is 0 Å². The molecule has 1 aromatic rings. The van der Waals surface area contributed by atoms with E-state index in [1.54, 1.807) is 6.20 Å². The largest absolute Gasteiger partial charge is 0.465 e. The molecule has 0 N–H and O–H groups in total. The minimum atomic E-state index is -0.312. The molecule has 13 heavy (non-hydrogen) atoms. The molecule has 0 aromatic carbocycles. The van der Waals surface area contributed by atoms with E-state index in [0.717, 1.165) is 5.01 Å². The van der Waals surface area contributed by atoms with E-state index in [1.165, 1.54) is 18.4 Å². The van der Waals surface area contributed by atoms with Crippen molar-refractivity contribution in [3.05, 3.63) is 16.1 Å². The lowest BCUT2D eigenvalue weighted by Crippen LogP contribution is -2.09. The van der Waals surface area contributed by atoms with Crippen molar-refractivity contribution >= 4 is 17.3 Å². The number of hydrogen-bond donors (Lipinski definition) is 0. The number of carbonyl (C=O) groups excluding carboxylic acids is 1. The number of esters is 1. The molecule has 0 unspecified atom stereocenters. The molecule has 1 aromatic heterocycles. The number of rotatable bonds is 1. The monoisotopic (exact) mass is 199 g/mol. The van der Waals surface area contributed by atoms with Crippen LogP contribution in [0.25, 0.3) is 0 Å². The lowest BCUT2D eigenvalue weighted by atomic mass is 9.98. The summed E-state index contributed by atoms with van der Waals surface area (Å²) < 4.78 is 4.59. The maximum atomic E-state index is 11.1. The Bertz CT molecular complexity index is 312. The summed E-state index contributed by atoms with van der Waals surface area (Å²) in [5.74, 6) is -0.312. The van der Waals surface area contributed by atoms with Crippen molar-refractivity contribution in [2.24, 2.45) is 0 Å². The average Bonchev–Trinajstić information content (AvgIpc) is 2.50. The predicted octanol–water partition coefficient (Wildman–Crippen LogP) is 2.23. The minimum Gasteiger partial charge on any atom is -0.465 e. The van der Waals surface area contributed by atoms with Gasteiger partial charge in [0.15, 0.2) is 0 Å². The van der Waals surface area contributed by atoms with Gasteiger partial charge in [0.1, 0.15) is 4.88 Å². The highest BCUT2D eigenvalue weighted by atomic mass is 32.1. The first kappa shape index (κ1) is 10.2. The first-order valence-electron chi connectivity index (χ1n) is 4.00. The van der Waals surface area contributed by atoms with Crippen LogP contribution in [0.3, 0.4) is 0 Å². The van der Waals surface area contributed by atoms with Gasteiger partial charge in [-0.3, -0.25) is 0 Å². The first-order valence-corrected chi connectivity index (χ1v) is 4.81. The second-order valence-electron chi connectivity index (χ2n) is 3.77. The smallest absolute Gasteiger partial charge is 0.349 e. The van der Waals surface area contributed by atoms with Gasteiger partial charge in [0.25, 0.3) is 0 Å². The van der Waals surface area contributed by atoms with Gasteiger partial charge >= 0.3 is 5.97 Å². The third kappa shape index (κ3) is 2.28. The molecule has 0 saturated heterocycles. The van der Waals surface area contributed by atoms with Gasteiger partial charge in [-0.15, -0.1) is 11.3 Å². The van der Waals surface area contributed by atoms with Crippen LogP contribution in [0.1, 0.15) is 35.5 Å². The van der Waals surface area contributed by atoms with Crippen molar-refractivity contribution in [2.45, 2.75) is 26.2 Å². The number of aromatic nitrogens is 1. The quantitative estimate of drug-likeness (QED) is 0.651. The van der Waals surface area contributed by atoms with Crippen molar-refractivity contribution in [1.82, 2.24) is 4.98 Å². The number of hydrogen-bond acceptors (Lipinski definition) is 4. The molecule has 0 aliphatic heterocycles. The Balaban J connectivity index is 2.93. The zero-order valence-electron chi connectivity index (χ0n) is 8.25. The molecular weight excluding hydrogens is 186 g/mol. The summed E-state index contributed by atoms with van der Waals surface area (Å²) in [5, 5.41) is 0.952. The fraction of sp³-hybridized carbons (Fsp3) is 0.556. The van der Waals surface area contributed by atoms with Crippen LogP contribution < -0.4 is 0 Å². The Hall–Kier alpha value is -0.900. The van der Waals surface area contributed by atoms with E-state index >= 15 is 0 Å². The number of methoxy groups -OCH3 is 1. The molecule has 0 fully saturated rings. The molecule has 4 heteroatoms. The number of thiazole rings is 1. The normalized spacial score (nSPS) is 11.4. The summed E-state index contributed by atoms with van der Waals surface area (Å²) in [5.41, 5.74) is -0.00304. The van der Waals surface area contributed by atoms with Gasteiger partial charge in [0, 0.05) is 5.41 Å². The van der Waals surface area contributed by atoms with E-state index in [4.69, 9.17) is 0 Å². The molecule has 0 bridgehead atoms. The third-order valence-corrected chi connectivity index (χ3v) is 2.94. The summed E-state index contributed by atoms with van der Waals surface area (Å²) in [6.07, 6.45) is 1.57. The van der Waals surface area contributed by atoms with E-state index in [-0.39, 0.29) is 11.4 Å². The predicted molar refractivity (Wildman–Crippen MR) is 52.2 cm³/mol. The summed E-state index contributed by atoms with van der Waals surface area (Å²) in [4.78, 5) is 15.8. The SMILES string of the molecule is COC(=O)c1cnc(C(C)(C)C)s1. The van der Waals surface area contributed by atoms with Gasteiger partial charge in [-0.2, -0.15) is 0 Å². The highest BCUT2D eigenvalue weighted by molar-refractivity contribution is 7.13. The van der Waals surface area contributed by atoms with Crippen LogP contribution in [-0.4, -0.2) is 18.1 Å². The van der Waals surface area contributed by atoms with Crippen LogP contribution in [0.15, 0.2) is 6.20 Å². The summed E-state index contributed by atoms with van der Waals surface area (Å²) in [6.45, 7) is 6.19. The van der Waals surface area contributed by atoms with Crippen molar-refractivity contribution in [1.29, 1.82) is 0 Å². The van der Waals surface area contributed by atoms with Gasteiger partial charge in [0.2, 0.25) is 0 Å². The number of ether oxygens (including phenoxy) is 1. The molecule has 0 atom stereocenters. The van der Waals surface area contributed by atoms with Crippen molar-refractivity contribution in [2.75, 3.05) is 7.11 Å². The maximum absolute atomic E-state index is 11.1. The Labute approximate surface area is 81.8 Å². The van der Waals surface area contributed by atoms with Gasteiger partial charge in [-0.25, -0.2) is 9.78 Å². The highest BCUT2D eigenvalue weighted by Crippen LogP contribution is 2.26. The Morgan fingerprint density at radius 2 is 2.15 bits per heavy atom. The molecule has 0 saturated carbocycles. The second-order valence-corrected chi connectivity index (χ2v) is 4.80. The van der Waals surface area contributed by atoms with Crippen LogP contribution in [-0.2, 0) is 10.2 Å². The summed E-state index contributed by atoms with van der Waals surface area (Å²) in [7, 11) is 1.37. The zero-order chi connectivity index (χ0) is 10.1. The van der Waals surface area contributed by atoms with Gasteiger partial charge in [-0.05, 0) is 0 Å². The lowest BCUT2D eigenvalue weighted by molar-refractivity contribution is 0.0606. The van der Waals surface area contributed by atoms with Crippen LogP contribution in [0.5, 0.6) is 0 Å². The van der Waals surface area contributed by atoms with Gasteiger partial charge in [0.05, 0.1) is 18.3 Å². The van der Waals surface area contributed by atoms with Crippen LogP contribution >= 0.6 is 11.3 Å². The van der Waals surface area contributed by atoms with Crippen molar-refractivity contribution in [3.63, 3.8) is 0 Å². The number of nitrogens with zero attached hydrogens (tertiary/aromatic N) is 1. The number of carbonyl (C=O) groups is 1. The van der Waals surface area contributed by atoms with E-state index in [9.17, 15) is 4.79 Å². The van der Waals surface area contributed by atoms with Gasteiger partial charge < -0.3 is 4.74 Å². The fourth-order valence-electron chi connectivity index (χ4n) is 0.816. The molecule has 72 valence electrons. The molecule has 0 aliphatic rings. The highest BCUT2D eigenvalue weighted by Gasteiger charge is 2.20. The van der Waals surface area contributed by atoms with E-state index in [0.29, 0.717) is 4.88 Å². The van der Waals surface area contributed by atoms with E-state index in [1.807, 2.05) is 0 Å². The summed E-state index contributed by atoms with van der Waals surface area (Å²) in [6, 6.07) is 0. The molecule has 0 spiro atoms. The van der Waals surface area contributed by atoms with Crippen LogP contribution in [0.4, 0.5) is 0 Å².